The molecule has 0 bridgehead atoms. The van der Waals surface area contributed by atoms with E-state index in [2.05, 4.69) is 26.6 Å². The molecule has 1 aromatic heterocycles. The van der Waals surface area contributed by atoms with Crippen molar-refractivity contribution in [2.24, 2.45) is 17.1 Å². The summed E-state index contributed by atoms with van der Waals surface area (Å²) in [6.07, 6.45) is -1.30. The maximum absolute atomic E-state index is 15.4. The van der Waals surface area contributed by atoms with E-state index >= 15 is 4.39 Å². The van der Waals surface area contributed by atoms with Crippen LogP contribution < -0.4 is 32.3 Å². The van der Waals surface area contributed by atoms with Crippen molar-refractivity contribution in [3.8, 4) is 11.1 Å². The van der Waals surface area contributed by atoms with Crippen LogP contribution in [0.4, 0.5) is 8.78 Å². The first-order valence-electron chi connectivity index (χ1n) is 24.9. The van der Waals surface area contributed by atoms with E-state index in [1.807, 2.05) is 12.1 Å². The van der Waals surface area contributed by atoms with Crippen LogP contribution in [0.3, 0.4) is 0 Å². The summed E-state index contributed by atoms with van der Waals surface area (Å²) in [5.74, 6) is -12.5. The van der Waals surface area contributed by atoms with Crippen LogP contribution in [0.1, 0.15) is 117 Å². The second-order valence-electron chi connectivity index (χ2n) is 19.8. The van der Waals surface area contributed by atoms with Crippen molar-refractivity contribution in [1.29, 1.82) is 0 Å². The number of primary amides is 1. The number of aliphatic carboxylic acids is 2. The molecule has 0 saturated carbocycles. The molecule has 0 aliphatic carbocycles. The molecular weight excluding hydrogens is 1010 g/mol. The smallest absolute Gasteiger partial charge is 0.326 e. The highest BCUT2D eigenvalue weighted by atomic mass is 19.1. The van der Waals surface area contributed by atoms with Gasteiger partial charge in [0.25, 0.3) is 0 Å². The lowest BCUT2D eigenvalue weighted by Gasteiger charge is -2.41. The summed E-state index contributed by atoms with van der Waals surface area (Å²) >= 11 is 0. The zero-order chi connectivity index (χ0) is 57.7. The van der Waals surface area contributed by atoms with E-state index in [9.17, 15) is 67.3 Å². The quantitative estimate of drug-likeness (QED) is 0.0434. The summed E-state index contributed by atoms with van der Waals surface area (Å²) in [6, 6.07) is 6.48. The number of carbonyl (C=O) groups is 11. The third-order valence-electron chi connectivity index (χ3n) is 12.2. The van der Waals surface area contributed by atoms with Crippen molar-refractivity contribution in [1.82, 2.24) is 36.1 Å². The second kappa shape index (κ2) is 30.0. The largest absolute Gasteiger partial charge is 0.481 e. The fourth-order valence-electron chi connectivity index (χ4n) is 8.31. The molecule has 420 valence electrons. The Balaban J connectivity index is 2.03. The summed E-state index contributed by atoms with van der Waals surface area (Å²) in [5.41, 5.74) is 5.88. The van der Waals surface area contributed by atoms with Crippen molar-refractivity contribution in [3.05, 3.63) is 83.7 Å². The molecule has 24 heteroatoms. The molecule has 0 aliphatic heterocycles. The number of amides is 7. The number of ketones is 2. The maximum Gasteiger partial charge on any atom is 0.326 e. The predicted octanol–water partition coefficient (Wildman–Crippen LogP) is 2.42. The van der Waals surface area contributed by atoms with Gasteiger partial charge in [-0.2, -0.15) is 0 Å². The summed E-state index contributed by atoms with van der Waals surface area (Å²) < 4.78 is 31.7. The number of nitrogens with two attached hydrogens (primary N) is 1. The zero-order valence-corrected chi connectivity index (χ0v) is 44.0. The van der Waals surface area contributed by atoms with E-state index in [0.29, 0.717) is 5.69 Å². The van der Waals surface area contributed by atoms with Gasteiger partial charge in [0.05, 0.1) is 18.5 Å². The normalized spacial score (nSPS) is 13.6. The van der Waals surface area contributed by atoms with E-state index < -0.39 is 170 Å². The van der Waals surface area contributed by atoms with E-state index in [0.717, 1.165) is 23.8 Å². The minimum Gasteiger partial charge on any atom is -0.481 e. The fourth-order valence-corrected chi connectivity index (χ4v) is 8.31. The van der Waals surface area contributed by atoms with Gasteiger partial charge in [0.2, 0.25) is 41.4 Å². The van der Waals surface area contributed by atoms with Crippen LogP contribution in [0, 0.1) is 23.0 Å². The van der Waals surface area contributed by atoms with Crippen LogP contribution in [0.5, 0.6) is 0 Å². The van der Waals surface area contributed by atoms with E-state index in [1.54, 1.807) is 55.8 Å². The van der Waals surface area contributed by atoms with Crippen LogP contribution in [0.2, 0.25) is 0 Å². The number of benzene rings is 2. The lowest BCUT2D eigenvalue weighted by Crippen LogP contribution is -2.56. The van der Waals surface area contributed by atoms with Crippen LogP contribution in [0.15, 0.2) is 60.8 Å². The lowest BCUT2D eigenvalue weighted by atomic mass is 9.82. The Kier molecular flexibility index (Phi) is 24.7. The van der Waals surface area contributed by atoms with Crippen LogP contribution in [0.25, 0.3) is 11.1 Å². The van der Waals surface area contributed by atoms with Gasteiger partial charge in [-0.05, 0) is 68.4 Å². The van der Waals surface area contributed by atoms with Crippen molar-refractivity contribution < 1.29 is 76.8 Å². The van der Waals surface area contributed by atoms with Crippen LogP contribution in [-0.2, 0) is 59.3 Å². The molecule has 2 aromatic carbocycles. The fraction of sp³-hybridized carbons (Fsp3) is 0.491. The molecule has 77 heavy (non-hydrogen) atoms. The highest BCUT2D eigenvalue weighted by Crippen LogP contribution is 2.41. The minimum atomic E-state index is -1.77. The van der Waals surface area contributed by atoms with Gasteiger partial charge in [-0.15, -0.1) is 0 Å². The standard InChI is InChI=1S/C53H70F2N8O14/c1-30(23-42(66)32(3)58-44(68)14-10-11-31(2)65)49(73)61-40(26-43(56)67)51(75)60-38(50(74)57-21-19-45(69)59-39(52(76)77)17-18-47(71)72)20-22-63(46(70)29-64)48(53(4,5)6)41-24-34(36-25-35(54)15-16-37(36)55)28-62(41)27-33-12-8-7-9-13-33/h7-9,12-13,15-16,24-25,28,30,32,38-40,48,64H,10-11,14,17-23,26-27,29H2,1-6H3,(H2,56,67)(H,57,74)(H,58,68)(H,59,69)(H,60,75)(H,61,73)(H,71,72)(H,76,77)/t30-,32-,38-,39-,40-,48-/m0/s1. The molecule has 6 atom stereocenters. The Morgan fingerprint density at radius 1 is 0.740 bits per heavy atom. The number of carboxylic acids is 2. The Bertz CT molecular complexity index is 2620. The number of hydrogen-bond donors (Lipinski definition) is 9. The molecular formula is C53H70F2N8O14. The molecule has 0 unspecified atom stereocenters. The first-order valence-corrected chi connectivity index (χ1v) is 24.9. The third kappa shape index (κ3) is 21.0. The lowest BCUT2D eigenvalue weighted by molar-refractivity contribution is -0.143. The average molecular weight is 1080 g/mol. The van der Waals surface area contributed by atoms with Gasteiger partial charge < -0.3 is 61.9 Å². The molecule has 3 aromatic rings. The number of rotatable bonds is 32. The molecule has 0 saturated heterocycles. The van der Waals surface area contributed by atoms with Crippen molar-refractivity contribution in [3.63, 3.8) is 0 Å². The molecule has 0 fully saturated rings. The number of carbonyl (C=O) groups excluding carboxylic acids is 9. The van der Waals surface area contributed by atoms with E-state index in [4.69, 9.17) is 10.8 Å². The summed E-state index contributed by atoms with van der Waals surface area (Å²) in [4.78, 5) is 142. The second-order valence-corrected chi connectivity index (χ2v) is 19.8. The topological polar surface area (TPSA) is 343 Å². The molecule has 7 amide bonds. The van der Waals surface area contributed by atoms with E-state index in [1.165, 1.54) is 25.7 Å². The summed E-state index contributed by atoms with van der Waals surface area (Å²) in [7, 11) is 0. The highest BCUT2D eigenvalue weighted by molar-refractivity contribution is 5.97. The van der Waals surface area contributed by atoms with Crippen LogP contribution >= 0.6 is 0 Å². The van der Waals surface area contributed by atoms with Gasteiger partial charge in [-0.3, -0.25) is 43.2 Å². The minimum absolute atomic E-state index is 0.0219. The molecule has 0 spiro atoms. The predicted molar refractivity (Wildman–Crippen MR) is 274 cm³/mol. The number of halogens is 2. The third-order valence-corrected chi connectivity index (χ3v) is 12.2. The summed E-state index contributed by atoms with van der Waals surface area (Å²) in [5, 5.41) is 41.0. The molecule has 22 nitrogen and oxygen atoms in total. The first kappa shape index (κ1) is 63.4. The van der Waals surface area contributed by atoms with Gasteiger partial charge in [-0.1, -0.05) is 58.0 Å². The number of nitrogens with zero attached hydrogens (tertiary/aromatic N) is 2. The van der Waals surface area contributed by atoms with Gasteiger partial charge in [0.1, 0.15) is 42.2 Å². The molecule has 10 N–H and O–H groups in total. The van der Waals surface area contributed by atoms with Gasteiger partial charge in [-0.25, -0.2) is 13.6 Å². The highest BCUT2D eigenvalue weighted by Gasteiger charge is 2.39. The molecule has 0 aliphatic rings. The van der Waals surface area contributed by atoms with Crippen molar-refractivity contribution in [2.45, 2.75) is 136 Å². The monoisotopic (exact) mass is 1080 g/mol. The van der Waals surface area contributed by atoms with Crippen molar-refractivity contribution in [2.75, 3.05) is 19.7 Å². The zero-order valence-electron chi connectivity index (χ0n) is 44.0. The molecule has 0 radical (unpaired) electrons. The summed E-state index contributed by atoms with van der Waals surface area (Å²) in [6.45, 7) is 7.63. The number of aliphatic hydroxyl groups is 1. The number of aromatic nitrogens is 1. The van der Waals surface area contributed by atoms with E-state index in [-0.39, 0.29) is 42.7 Å². The molecule has 1 heterocycles. The Morgan fingerprint density at radius 3 is 1.99 bits per heavy atom. The average Bonchev–Trinajstić information content (AvgIpc) is 3.74. The Morgan fingerprint density at radius 2 is 1.39 bits per heavy atom. The molecule has 3 rings (SSSR count). The number of nitrogens with one attached hydrogen (secondary N) is 5. The van der Waals surface area contributed by atoms with Gasteiger partial charge >= 0.3 is 11.9 Å². The van der Waals surface area contributed by atoms with Crippen molar-refractivity contribution >= 4 is 64.9 Å². The number of aliphatic hydroxyl groups excluding tert-OH is 1. The Labute approximate surface area is 444 Å². The number of hydrogen-bond acceptors (Lipinski definition) is 12. The van der Waals surface area contributed by atoms with Crippen LogP contribution in [-0.4, -0.2) is 134 Å². The number of Topliss-reactive ketones (excluding diaryl/α,β-unsaturated/α-hetero) is 2. The maximum atomic E-state index is 15.4. The first-order chi connectivity index (χ1) is 36.1. The van der Waals surface area contributed by atoms with Gasteiger partial charge in [0.15, 0.2) is 5.78 Å². The SMILES string of the molecule is CC(=O)CCCC(=O)N[C@@H](C)C(=O)C[C@H](C)C(=O)N[C@@H](CC(N)=O)C(=O)N[C@@H](CCN(C(=O)CO)[C@@H](c1cc(-c2cc(F)ccc2F)cn1Cc1ccccc1)C(C)(C)C)C(=O)NCCC(=O)N[C@@H](CCC(=O)O)C(=O)O. The Hall–Kier alpha value is -7.89. The number of carboxylic acid groups (broad SMARTS) is 2. The van der Waals surface area contributed by atoms with Gasteiger partial charge in [0, 0.05) is 80.7 Å².